The highest BCUT2D eigenvalue weighted by atomic mass is 16.5. The standard InChI is InChI=1S/C19H24N4O2/c1-19(2,3)16(20)11-17(21-4)23-18(24)12-6-7-13-14(10-12)22-9-8-15(13)25-5/h6-11H,20H2,1-5H3,(H,21,23,24)/b16-11-. The van der Waals surface area contributed by atoms with Gasteiger partial charge in [-0.15, -0.1) is 0 Å². The third-order valence-electron chi connectivity index (χ3n) is 3.83. The number of amidine groups is 1. The molecule has 6 heteroatoms. The molecule has 0 saturated carbocycles. The topological polar surface area (TPSA) is 89.6 Å². The Kier molecular flexibility index (Phi) is 5.41. The van der Waals surface area contributed by atoms with Crippen LogP contribution in [0.5, 0.6) is 5.75 Å². The van der Waals surface area contributed by atoms with Gasteiger partial charge < -0.3 is 15.8 Å². The fourth-order valence-corrected chi connectivity index (χ4v) is 2.15. The summed E-state index contributed by atoms with van der Waals surface area (Å²) >= 11 is 0. The Labute approximate surface area is 147 Å². The molecule has 0 unspecified atom stereocenters. The van der Waals surface area contributed by atoms with E-state index in [0.717, 1.165) is 5.39 Å². The number of fused-ring (bicyclic) bond motifs is 1. The number of nitrogens with two attached hydrogens (primary N) is 1. The summed E-state index contributed by atoms with van der Waals surface area (Å²) in [6, 6.07) is 7.05. The lowest BCUT2D eigenvalue weighted by Gasteiger charge is -2.19. The molecule has 6 nitrogen and oxygen atoms in total. The monoisotopic (exact) mass is 340 g/mol. The maximum atomic E-state index is 12.5. The number of carbonyl (C=O) groups is 1. The zero-order chi connectivity index (χ0) is 18.6. The van der Waals surface area contributed by atoms with Crippen molar-refractivity contribution >= 4 is 22.6 Å². The summed E-state index contributed by atoms with van der Waals surface area (Å²) in [6.45, 7) is 5.99. The van der Waals surface area contributed by atoms with Crippen LogP contribution in [0.2, 0.25) is 0 Å². The molecule has 1 amide bonds. The smallest absolute Gasteiger partial charge is 0.256 e. The molecule has 1 aromatic heterocycles. The molecule has 2 rings (SSSR count). The van der Waals surface area contributed by atoms with Crippen molar-refractivity contribution in [3.05, 3.63) is 47.8 Å². The van der Waals surface area contributed by atoms with Gasteiger partial charge in [-0.3, -0.25) is 14.8 Å². The second-order valence-electron chi connectivity index (χ2n) is 6.66. The highest BCUT2D eigenvalue weighted by molar-refractivity contribution is 6.11. The van der Waals surface area contributed by atoms with Crippen LogP contribution in [0.1, 0.15) is 31.1 Å². The van der Waals surface area contributed by atoms with Gasteiger partial charge in [-0.1, -0.05) is 20.8 Å². The first kappa shape index (κ1) is 18.4. The lowest BCUT2D eigenvalue weighted by Crippen LogP contribution is -2.31. The molecule has 0 saturated heterocycles. The quantitative estimate of drug-likeness (QED) is 0.664. The highest BCUT2D eigenvalue weighted by Gasteiger charge is 2.16. The fraction of sp³-hybridized carbons (Fsp3) is 0.316. The normalized spacial score (nSPS) is 13.0. The van der Waals surface area contributed by atoms with E-state index in [1.165, 1.54) is 0 Å². The van der Waals surface area contributed by atoms with Gasteiger partial charge in [-0.05, 0) is 30.3 Å². The highest BCUT2D eigenvalue weighted by Crippen LogP contribution is 2.24. The molecule has 3 N–H and O–H groups in total. The number of hydrogen-bond donors (Lipinski definition) is 2. The third kappa shape index (κ3) is 4.35. The van der Waals surface area contributed by atoms with Crippen molar-refractivity contribution in [3.8, 4) is 5.75 Å². The molecule has 0 fully saturated rings. The predicted octanol–water partition coefficient (Wildman–Crippen LogP) is 2.89. The van der Waals surface area contributed by atoms with Crippen LogP contribution < -0.4 is 15.8 Å². The van der Waals surface area contributed by atoms with Crippen LogP contribution in [0.3, 0.4) is 0 Å². The van der Waals surface area contributed by atoms with Crippen molar-refractivity contribution in [1.29, 1.82) is 0 Å². The van der Waals surface area contributed by atoms with Crippen LogP contribution in [0.15, 0.2) is 47.2 Å². The minimum absolute atomic E-state index is 0.204. The number of nitrogens with zero attached hydrogens (tertiary/aromatic N) is 2. The third-order valence-corrected chi connectivity index (χ3v) is 3.83. The van der Waals surface area contributed by atoms with Gasteiger partial charge in [0.2, 0.25) is 0 Å². The molecule has 25 heavy (non-hydrogen) atoms. The van der Waals surface area contributed by atoms with Crippen LogP contribution in [-0.4, -0.2) is 30.9 Å². The minimum atomic E-state index is -0.273. The average molecular weight is 340 g/mol. The van der Waals surface area contributed by atoms with Crippen LogP contribution in [0.4, 0.5) is 0 Å². The molecule has 0 aliphatic rings. The van der Waals surface area contributed by atoms with Gasteiger partial charge in [0.25, 0.3) is 5.91 Å². The fourth-order valence-electron chi connectivity index (χ4n) is 2.15. The van der Waals surface area contributed by atoms with E-state index in [-0.39, 0.29) is 11.3 Å². The zero-order valence-electron chi connectivity index (χ0n) is 15.3. The van der Waals surface area contributed by atoms with Gasteiger partial charge in [0.15, 0.2) is 0 Å². The molecule has 0 aliphatic heterocycles. The first-order valence-electron chi connectivity index (χ1n) is 7.95. The Morgan fingerprint density at radius 2 is 2.04 bits per heavy atom. The summed E-state index contributed by atoms with van der Waals surface area (Å²) in [5.74, 6) is 0.856. The number of methoxy groups -OCH3 is 1. The van der Waals surface area contributed by atoms with Crippen LogP contribution in [-0.2, 0) is 0 Å². The van der Waals surface area contributed by atoms with Crippen LogP contribution in [0.25, 0.3) is 10.9 Å². The lowest BCUT2D eigenvalue weighted by molar-refractivity contribution is 0.0977. The molecule has 0 atom stereocenters. The van der Waals surface area contributed by atoms with Gasteiger partial charge in [0, 0.05) is 35.3 Å². The van der Waals surface area contributed by atoms with E-state index in [1.807, 2.05) is 26.8 Å². The van der Waals surface area contributed by atoms with Gasteiger partial charge in [-0.2, -0.15) is 0 Å². The SMILES string of the molecule is CN=C(/C=C(\N)C(C)(C)C)NC(=O)c1ccc2c(OC)ccnc2c1. The Morgan fingerprint density at radius 1 is 1.32 bits per heavy atom. The summed E-state index contributed by atoms with van der Waals surface area (Å²) in [5, 5.41) is 3.62. The number of hydrogen-bond acceptors (Lipinski definition) is 5. The number of amides is 1. The second kappa shape index (κ2) is 7.34. The number of allylic oxidation sites excluding steroid dienone is 1. The van der Waals surface area contributed by atoms with E-state index in [9.17, 15) is 4.79 Å². The minimum Gasteiger partial charge on any atom is -0.496 e. The first-order valence-corrected chi connectivity index (χ1v) is 7.95. The summed E-state index contributed by atoms with van der Waals surface area (Å²) in [4.78, 5) is 20.9. The molecule has 0 radical (unpaired) electrons. The average Bonchev–Trinajstić information content (AvgIpc) is 2.58. The van der Waals surface area contributed by atoms with Crippen molar-refractivity contribution in [2.75, 3.05) is 14.2 Å². The maximum Gasteiger partial charge on any atom is 0.256 e. The van der Waals surface area contributed by atoms with Crippen LogP contribution in [0, 0.1) is 5.41 Å². The maximum absolute atomic E-state index is 12.5. The molecule has 0 spiro atoms. The number of ether oxygens (including phenoxy) is 1. The zero-order valence-corrected chi connectivity index (χ0v) is 15.3. The van der Waals surface area contributed by atoms with E-state index >= 15 is 0 Å². The van der Waals surface area contributed by atoms with Crippen molar-refractivity contribution in [2.24, 2.45) is 16.1 Å². The lowest BCUT2D eigenvalue weighted by atomic mass is 9.92. The molecule has 0 aliphatic carbocycles. The number of benzene rings is 1. The van der Waals surface area contributed by atoms with E-state index in [2.05, 4.69) is 15.3 Å². The van der Waals surface area contributed by atoms with E-state index < -0.39 is 0 Å². The molecule has 0 bridgehead atoms. The van der Waals surface area contributed by atoms with Crippen molar-refractivity contribution in [1.82, 2.24) is 10.3 Å². The van der Waals surface area contributed by atoms with Gasteiger partial charge in [0.1, 0.15) is 11.6 Å². The number of aliphatic imine (C=N–C) groups is 1. The number of carbonyl (C=O) groups excluding carboxylic acids is 1. The second-order valence-corrected chi connectivity index (χ2v) is 6.66. The Hall–Kier alpha value is -2.89. The summed E-state index contributed by atoms with van der Waals surface area (Å²) in [5.41, 5.74) is 7.66. The van der Waals surface area contributed by atoms with Crippen LogP contribution >= 0.6 is 0 Å². The molecule has 132 valence electrons. The largest absolute Gasteiger partial charge is 0.496 e. The van der Waals surface area contributed by atoms with Gasteiger partial charge >= 0.3 is 0 Å². The molecular formula is C19H24N4O2. The number of rotatable bonds is 3. The Balaban J connectivity index is 2.27. The van der Waals surface area contributed by atoms with Crippen molar-refractivity contribution in [3.63, 3.8) is 0 Å². The Morgan fingerprint density at radius 3 is 2.64 bits per heavy atom. The first-order chi connectivity index (χ1) is 11.8. The summed E-state index contributed by atoms with van der Waals surface area (Å²) in [7, 11) is 3.21. The van der Waals surface area contributed by atoms with Gasteiger partial charge in [-0.25, -0.2) is 0 Å². The molecule has 1 aromatic carbocycles. The van der Waals surface area contributed by atoms with E-state index in [0.29, 0.717) is 28.4 Å². The molecule has 2 aromatic rings. The summed E-state index contributed by atoms with van der Waals surface area (Å²) < 4.78 is 5.30. The number of pyridine rings is 1. The van der Waals surface area contributed by atoms with Crippen molar-refractivity contribution < 1.29 is 9.53 Å². The predicted molar refractivity (Wildman–Crippen MR) is 101 cm³/mol. The van der Waals surface area contributed by atoms with Crippen molar-refractivity contribution in [2.45, 2.75) is 20.8 Å². The van der Waals surface area contributed by atoms with E-state index in [1.54, 1.807) is 44.6 Å². The van der Waals surface area contributed by atoms with E-state index in [4.69, 9.17) is 10.5 Å². The van der Waals surface area contributed by atoms with Gasteiger partial charge in [0.05, 0.1) is 12.6 Å². The summed E-state index contributed by atoms with van der Waals surface area (Å²) in [6.07, 6.45) is 3.33. The number of nitrogens with one attached hydrogen (secondary N) is 1. The molecular weight excluding hydrogens is 316 g/mol. The Bertz CT molecular complexity index is 848. The molecule has 1 heterocycles. The number of aromatic nitrogens is 1.